The first kappa shape index (κ1) is 27.4. The Morgan fingerprint density at radius 2 is 1.97 bits per heavy atom. The van der Waals surface area contributed by atoms with Gasteiger partial charge in [-0.1, -0.05) is 39.8 Å². The van der Waals surface area contributed by atoms with Gasteiger partial charge < -0.3 is 35.4 Å². The second-order valence-electron chi connectivity index (χ2n) is 12.0. The Labute approximate surface area is 213 Å². The first-order valence-electron chi connectivity index (χ1n) is 13.2. The highest BCUT2D eigenvalue weighted by Crippen LogP contribution is 2.37. The number of nitrogens with one attached hydrogen (secondary N) is 2. The predicted molar refractivity (Wildman–Crippen MR) is 136 cm³/mol. The van der Waals surface area contributed by atoms with Crippen LogP contribution in [0.25, 0.3) is 0 Å². The highest BCUT2D eigenvalue weighted by molar-refractivity contribution is 7.99. The van der Waals surface area contributed by atoms with Crippen LogP contribution in [0, 0.1) is 23.2 Å². The maximum Gasteiger partial charge on any atom is 0.240 e. The number of carbonyl (C=O) groups excluding carboxylic acids is 1. The molecule has 0 saturated carbocycles. The van der Waals surface area contributed by atoms with Gasteiger partial charge in [0.15, 0.2) is 0 Å². The minimum atomic E-state index is -1.34. The third kappa shape index (κ3) is 6.43. The summed E-state index contributed by atoms with van der Waals surface area (Å²) in [6, 6.07) is -1.01. The zero-order valence-electron chi connectivity index (χ0n) is 21.4. The molecule has 0 aliphatic carbocycles. The molecule has 0 unspecified atom stereocenters. The lowest BCUT2D eigenvalue weighted by Gasteiger charge is -2.45. The number of ether oxygens (including phenoxy) is 2. The van der Waals surface area contributed by atoms with Gasteiger partial charge in [0.1, 0.15) is 35.9 Å². The molecule has 3 fully saturated rings. The van der Waals surface area contributed by atoms with Gasteiger partial charge in [0.25, 0.3) is 0 Å². The van der Waals surface area contributed by atoms with E-state index in [0.717, 1.165) is 19.4 Å². The quantitative estimate of drug-likeness (QED) is 0.359. The summed E-state index contributed by atoms with van der Waals surface area (Å²) in [7, 11) is 0. The van der Waals surface area contributed by atoms with E-state index in [1.54, 1.807) is 0 Å². The number of amides is 1. The number of thioether (sulfide) groups is 1. The van der Waals surface area contributed by atoms with Crippen LogP contribution in [-0.2, 0) is 14.3 Å². The van der Waals surface area contributed by atoms with Crippen molar-refractivity contribution >= 4 is 17.7 Å². The maximum absolute atomic E-state index is 13.6. The van der Waals surface area contributed by atoms with Gasteiger partial charge in [-0.3, -0.25) is 4.79 Å². The largest absolute Gasteiger partial charge is 0.388 e. The van der Waals surface area contributed by atoms with Crippen molar-refractivity contribution in [2.45, 2.75) is 101 Å². The predicted octanol–water partition coefficient (Wildman–Crippen LogP) is 1.43. The Morgan fingerprint density at radius 1 is 1.20 bits per heavy atom. The average Bonchev–Trinajstić information content (AvgIpc) is 3.07. The Hall–Kier alpha value is -0.680. The standard InChI is InChI=1S/C26H44N2O6S/c1-14(2)10-15-6-8-33-22-16(11-15)13-27-18(22)24(32)28-17-12-26(3,4)7-5-9-35-25-21(31)19(29)20(30)23(17)34-25/h5,7,14-23,25,27,29-31H,6,8-13H2,1-4H3,(H,28,32)/b7-5+/t15-,16-,17+,18-,19-,20+,21+,22+,23+,25+/m0/s1. The summed E-state index contributed by atoms with van der Waals surface area (Å²) in [5.74, 6) is 2.03. The SMILES string of the molecule is CC(C)C[C@@H]1CCO[C@@H]2[C@H](CN[C@@H]2C(=O)N[C@@H]2CC(C)(C)/C=C/CS[C@H]3O[C@H]2[C@H](O)[C@H](O)[C@H]3O)C1. The summed E-state index contributed by atoms with van der Waals surface area (Å²) in [6.07, 6.45) is 3.10. The number of rotatable bonds is 4. The fraction of sp³-hybridized carbons (Fsp3) is 0.885. The van der Waals surface area contributed by atoms with E-state index in [-0.39, 0.29) is 17.4 Å². The van der Waals surface area contributed by atoms with Gasteiger partial charge in [-0.15, -0.1) is 11.8 Å². The molecule has 0 aromatic carbocycles. The van der Waals surface area contributed by atoms with E-state index in [1.807, 2.05) is 6.08 Å². The van der Waals surface area contributed by atoms with E-state index >= 15 is 0 Å². The van der Waals surface area contributed by atoms with Gasteiger partial charge in [0, 0.05) is 18.9 Å². The van der Waals surface area contributed by atoms with E-state index < -0.39 is 41.9 Å². The van der Waals surface area contributed by atoms with Gasteiger partial charge in [0.05, 0.1) is 12.1 Å². The lowest BCUT2D eigenvalue weighted by molar-refractivity contribution is -0.206. The normalized spacial score (nSPS) is 44.8. The Morgan fingerprint density at radius 3 is 2.71 bits per heavy atom. The molecule has 5 N–H and O–H groups in total. The van der Waals surface area contributed by atoms with Crippen LogP contribution in [0.5, 0.6) is 0 Å². The van der Waals surface area contributed by atoms with E-state index in [1.165, 1.54) is 18.2 Å². The van der Waals surface area contributed by atoms with Crippen LogP contribution in [0.2, 0.25) is 0 Å². The summed E-state index contributed by atoms with van der Waals surface area (Å²) in [5.41, 5.74) is -0.940. The number of carbonyl (C=O) groups is 1. The Bertz CT molecular complexity index is 764. The van der Waals surface area contributed by atoms with Crippen LogP contribution >= 0.6 is 11.8 Å². The van der Waals surface area contributed by atoms with Crippen LogP contribution in [0.1, 0.15) is 53.4 Å². The first-order valence-corrected chi connectivity index (χ1v) is 14.2. The van der Waals surface area contributed by atoms with Crippen LogP contribution in [0.4, 0.5) is 0 Å². The number of fused-ring (bicyclic) bond motifs is 3. The second-order valence-corrected chi connectivity index (χ2v) is 13.1. The van der Waals surface area contributed by atoms with Crippen molar-refractivity contribution in [2.24, 2.45) is 23.2 Å². The van der Waals surface area contributed by atoms with Crippen LogP contribution in [0.3, 0.4) is 0 Å². The number of hydrogen-bond acceptors (Lipinski definition) is 8. The third-order valence-electron chi connectivity index (χ3n) is 7.96. The molecule has 4 rings (SSSR count). The Kier molecular flexibility index (Phi) is 8.89. The molecule has 8 nitrogen and oxygen atoms in total. The number of hydrogen-bond donors (Lipinski definition) is 5. The van der Waals surface area contributed by atoms with Crippen molar-refractivity contribution in [3.63, 3.8) is 0 Å². The fourth-order valence-corrected chi connectivity index (χ4v) is 7.25. The Balaban J connectivity index is 1.50. The van der Waals surface area contributed by atoms with Gasteiger partial charge in [-0.05, 0) is 48.9 Å². The summed E-state index contributed by atoms with van der Waals surface area (Å²) in [4.78, 5) is 13.6. The maximum atomic E-state index is 13.6. The van der Waals surface area contributed by atoms with E-state index in [4.69, 9.17) is 9.47 Å². The number of aliphatic hydroxyl groups is 3. The van der Waals surface area contributed by atoms with Crippen molar-refractivity contribution in [2.75, 3.05) is 18.9 Å². The smallest absolute Gasteiger partial charge is 0.240 e. The second kappa shape index (κ2) is 11.4. The van der Waals surface area contributed by atoms with Gasteiger partial charge >= 0.3 is 0 Å². The topological polar surface area (TPSA) is 120 Å². The van der Waals surface area contributed by atoms with Crippen LogP contribution < -0.4 is 10.6 Å². The van der Waals surface area contributed by atoms with Crippen LogP contribution in [-0.4, -0.2) is 88.2 Å². The first-order chi connectivity index (χ1) is 16.6. The van der Waals surface area contributed by atoms with Crippen molar-refractivity contribution in [3.8, 4) is 0 Å². The van der Waals surface area contributed by atoms with Crippen molar-refractivity contribution in [3.05, 3.63) is 12.2 Å². The molecule has 2 bridgehead atoms. The summed E-state index contributed by atoms with van der Waals surface area (Å²) < 4.78 is 12.3. The summed E-state index contributed by atoms with van der Waals surface area (Å²) in [5, 5.41) is 38.3. The lowest BCUT2D eigenvalue weighted by atomic mass is 9.81. The van der Waals surface area contributed by atoms with Gasteiger partial charge in [-0.25, -0.2) is 0 Å². The minimum Gasteiger partial charge on any atom is -0.388 e. The van der Waals surface area contributed by atoms with Crippen molar-refractivity contribution in [1.82, 2.24) is 10.6 Å². The highest BCUT2D eigenvalue weighted by Gasteiger charge is 2.49. The fourth-order valence-electron chi connectivity index (χ4n) is 6.29. The lowest BCUT2D eigenvalue weighted by Crippen LogP contribution is -2.64. The van der Waals surface area contributed by atoms with Crippen molar-refractivity contribution in [1.29, 1.82) is 0 Å². The van der Waals surface area contributed by atoms with Crippen LogP contribution in [0.15, 0.2) is 12.2 Å². The number of allylic oxidation sites excluding steroid dienone is 1. The minimum absolute atomic E-state index is 0.165. The van der Waals surface area contributed by atoms with Gasteiger partial charge in [0.2, 0.25) is 5.91 Å². The zero-order valence-corrected chi connectivity index (χ0v) is 22.2. The molecule has 4 aliphatic rings. The molecule has 4 aliphatic heterocycles. The third-order valence-corrected chi connectivity index (χ3v) is 9.06. The summed E-state index contributed by atoms with van der Waals surface area (Å²) >= 11 is 1.38. The molecule has 200 valence electrons. The molecule has 4 heterocycles. The molecule has 0 spiro atoms. The van der Waals surface area contributed by atoms with E-state index in [0.29, 0.717) is 36.5 Å². The molecule has 0 aromatic rings. The zero-order chi connectivity index (χ0) is 25.3. The van der Waals surface area contributed by atoms with Crippen molar-refractivity contribution < 1.29 is 29.6 Å². The average molecular weight is 513 g/mol. The monoisotopic (exact) mass is 512 g/mol. The van der Waals surface area contributed by atoms with Gasteiger partial charge in [-0.2, -0.15) is 0 Å². The molecule has 10 atom stereocenters. The molecule has 0 aromatic heterocycles. The van der Waals surface area contributed by atoms with E-state index in [9.17, 15) is 20.1 Å². The summed E-state index contributed by atoms with van der Waals surface area (Å²) in [6.45, 7) is 10.1. The number of aliphatic hydroxyl groups excluding tert-OH is 3. The molecule has 1 amide bonds. The molecular weight excluding hydrogens is 468 g/mol. The molecule has 0 radical (unpaired) electrons. The molecular formula is C26H44N2O6S. The highest BCUT2D eigenvalue weighted by atomic mass is 32.2. The molecule has 35 heavy (non-hydrogen) atoms. The molecule has 3 saturated heterocycles. The van der Waals surface area contributed by atoms with E-state index in [2.05, 4.69) is 44.4 Å². The molecule has 9 heteroatoms.